The first-order valence-corrected chi connectivity index (χ1v) is 10.1. The van der Waals surface area contributed by atoms with Crippen molar-refractivity contribution in [1.29, 1.82) is 0 Å². The van der Waals surface area contributed by atoms with Crippen LogP contribution in [0.25, 0.3) is 0 Å². The van der Waals surface area contributed by atoms with Crippen LogP contribution in [0.3, 0.4) is 0 Å². The van der Waals surface area contributed by atoms with Gasteiger partial charge in [0.05, 0.1) is 6.26 Å². The monoisotopic (exact) mass is 340 g/mol. The van der Waals surface area contributed by atoms with E-state index in [1.165, 1.54) is 10.6 Å². The van der Waals surface area contributed by atoms with Gasteiger partial charge in [0.25, 0.3) is 0 Å². The van der Waals surface area contributed by atoms with Gasteiger partial charge in [0.15, 0.2) is 0 Å². The average molecular weight is 340 g/mol. The second kappa shape index (κ2) is 6.60. The fourth-order valence-corrected chi connectivity index (χ4v) is 4.80. The molecule has 1 aromatic heterocycles. The number of hydrogen-bond donors (Lipinski definition) is 1. The first kappa shape index (κ1) is 16.4. The Balaban J connectivity index is 1.73. The Kier molecular flexibility index (Phi) is 4.72. The van der Waals surface area contributed by atoms with Crippen LogP contribution < -0.4 is 0 Å². The molecule has 0 spiro atoms. The molecule has 23 heavy (non-hydrogen) atoms. The molecule has 128 valence electrons. The van der Waals surface area contributed by atoms with Crippen molar-refractivity contribution in [2.75, 3.05) is 25.9 Å². The van der Waals surface area contributed by atoms with Gasteiger partial charge in [-0.05, 0) is 31.7 Å². The maximum Gasteiger partial charge on any atom is 0.241 e. The number of nitrogens with zero attached hydrogens (tertiary/aromatic N) is 3. The number of sulfonamides is 1. The summed E-state index contributed by atoms with van der Waals surface area (Å²) < 4.78 is 25.3. The smallest absolute Gasteiger partial charge is 0.241 e. The van der Waals surface area contributed by atoms with E-state index in [4.69, 9.17) is 0 Å². The van der Waals surface area contributed by atoms with Crippen molar-refractivity contribution in [3.63, 3.8) is 0 Å². The molecule has 2 saturated heterocycles. The van der Waals surface area contributed by atoms with Crippen molar-refractivity contribution >= 4 is 15.9 Å². The SMILES string of the molecule is CS(=O)(=O)N1CCCC[C@@H]1C(=O)N1CCC[C@@H](c2ccn[nH]2)C1. The third-order valence-corrected chi connectivity index (χ3v) is 6.15. The number of carbonyl (C=O) groups is 1. The zero-order valence-corrected chi connectivity index (χ0v) is 14.3. The molecule has 2 aliphatic rings. The van der Waals surface area contributed by atoms with Crippen LogP contribution in [0.15, 0.2) is 12.3 Å². The van der Waals surface area contributed by atoms with Gasteiger partial charge in [-0.15, -0.1) is 0 Å². The fraction of sp³-hybridized carbons (Fsp3) is 0.733. The van der Waals surface area contributed by atoms with Gasteiger partial charge in [0, 0.05) is 37.4 Å². The van der Waals surface area contributed by atoms with Gasteiger partial charge in [-0.2, -0.15) is 9.40 Å². The summed E-state index contributed by atoms with van der Waals surface area (Å²) in [6.07, 6.45) is 7.23. The second-order valence-corrected chi connectivity index (χ2v) is 8.46. The van der Waals surface area contributed by atoms with Gasteiger partial charge >= 0.3 is 0 Å². The zero-order valence-electron chi connectivity index (χ0n) is 13.4. The Morgan fingerprint density at radius 1 is 1.26 bits per heavy atom. The van der Waals surface area contributed by atoms with Crippen molar-refractivity contribution in [3.05, 3.63) is 18.0 Å². The lowest BCUT2D eigenvalue weighted by Gasteiger charge is -2.39. The molecule has 0 aliphatic carbocycles. The van der Waals surface area contributed by atoms with E-state index < -0.39 is 16.1 Å². The summed E-state index contributed by atoms with van der Waals surface area (Å²) in [5, 5.41) is 6.97. The van der Waals surface area contributed by atoms with E-state index in [0.717, 1.165) is 31.4 Å². The Labute approximate surface area is 137 Å². The van der Waals surface area contributed by atoms with E-state index in [1.807, 2.05) is 11.0 Å². The number of likely N-dealkylation sites (tertiary alicyclic amines) is 1. The first-order chi connectivity index (χ1) is 11.0. The summed E-state index contributed by atoms with van der Waals surface area (Å²) in [6, 6.07) is 1.42. The summed E-state index contributed by atoms with van der Waals surface area (Å²) in [5.74, 6) is 0.213. The molecule has 3 heterocycles. The van der Waals surface area contributed by atoms with Crippen molar-refractivity contribution in [1.82, 2.24) is 19.4 Å². The highest BCUT2D eigenvalue weighted by Crippen LogP contribution is 2.28. The lowest BCUT2D eigenvalue weighted by molar-refractivity contribution is -0.137. The molecule has 0 unspecified atom stereocenters. The van der Waals surface area contributed by atoms with Crippen LogP contribution in [0.2, 0.25) is 0 Å². The number of nitrogens with one attached hydrogen (secondary N) is 1. The Hall–Kier alpha value is -1.41. The molecule has 0 radical (unpaired) electrons. The first-order valence-electron chi connectivity index (χ1n) is 8.21. The Morgan fingerprint density at radius 3 is 2.78 bits per heavy atom. The molecule has 0 aromatic carbocycles. The minimum Gasteiger partial charge on any atom is -0.341 e. The number of amides is 1. The van der Waals surface area contributed by atoms with E-state index in [-0.39, 0.29) is 11.8 Å². The second-order valence-electron chi connectivity index (χ2n) is 6.52. The lowest BCUT2D eigenvalue weighted by Crippen LogP contribution is -2.54. The molecule has 1 N–H and O–H groups in total. The van der Waals surface area contributed by atoms with Crippen molar-refractivity contribution in [2.24, 2.45) is 0 Å². The maximum absolute atomic E-state index is 12.9. The quantitative estimate of drug-likeness (QED) is 0.887. The average Bonchev–Trinajstić information content (AvgIpc) is 3.08. The lowest BCUT2D eigenvalue weighted by atomic mass is 9.93. The number of H-pyrrole nitrogens is 1. The van der Waals surface area contributed by atoms with Crippen molar-refractivity contribution in [3.8, 4) is 0 Å². The highest BCUT2D eigenvalue weighted by Gasteiger charge is 2.38. The van der Waals surface area contributed by atoms with Gasteiger partial charge in [-0.3, -0.25) is 9.89 Å². The third kappa shape index (κ3) is 3.58. The van der Waals surface area contributed by atoms with E-state index in [2.05, 4.69) is 10.2 Å². The van der Waals surface area contributed by atoms with Gasteiger partial charge in [0.1, 0.15) is 6.04 Å². The van der Waals surface area contributed by atoms with Crippen LogP contribution in [0.1, 0.15) is 43.7 Å². The molecule has 2 atom stereocenters. The molecule has 2 aliphatic heterocycles. The normalized spacial score (nSPS) is 27.1. The van der Waals surface area contributed by atoms with Crippen molar-refractivity contribution < 1.29 is 13.2 Å². The highest BCUT2D eigenvalue weighted by molar-refractivity contribution is 7.88. The number of aromatic nitrogens is 2. The fourth-order valence-electron chi connectivity index (χ4n) is 3.68. The standard InChI is InChI=1S/C15H24N4O3S/c1-23(21,22)19-10-3-2-6-14(19)15(20)18-9-4-5-12(11-18)13-7-8-16-17-13/h7-8,12,14H,2-6,9-11H2,1H3,(H,16,17)/t12-,14-/m1/s1. The predicted molar refractivity (Wildman–Crippen MR) is 86.3 cm³/mol. The maximum atomic E-state index is 12.9. The molecule has 0 bridgehead atoms. The molecule has 0 saturated carbocycles. The minimum atomic E-state index is -3.35. The third-order valence-electron chi connectivity index (χ3n) is 4.86. The van der Waals surface area contributed by atoms with Gasteiger partial charge in [-0.1, -0.05) is 6.42 Å². The Morgan fingerprint density at radius 2 is 2.09 bits per heavy atom. The zero-order chi connectivity index (χ0) is 16.4. The Bertz CT molecular complexity index is 644. The van der Waals surface area contributed by atoms with Crippen LogP contribution in [-0.2, 0) is 14.8 Å². The van der Waals surface area contributed by atoms with E-state index >= 15 is 0 Å². The molecule has 3 rings (SSSR count). The number of rotatable bonds is 3. The van der Waals surface area contributed by atoms with Crippen LogP contribution in [0.5, 0.6) is 0 Å². The van der Waals surface area contributed by atoms with E-state index in [9.17, 15) is 13.2 Å². The summed E-state index contributed by atoms with van der Waals surface area (Å²) in [5.41, 5.74) is 1.05. The summed E-state index contributed by atoms with van der Waals surface area (Å²) in [6.45, 7) is 1.79. The van der Waals surface area contributed by atoms with Crippen molar-refractivity contribution in [2.45, 2.75) is 44.1 Å². The topological polar surface area (TPSA) is 86.4 Å². The number of piperidine rings is 2. The minimum absolute atomic E-state index is 0.0423. The summed E-state index contributed by atoms with van der Waals surface area (Å²) in [7, 11) is -3.35. The molecular weight excluding hydrogens is 316 g/mol. The molecule has 1 amide bonds. The van der Waals surface area contributed by atoms with E-state index in [1.54, 1.807) is 6.20 Å². The highest BCUT2D eigenvalue weighted by atomic mass is 32.2. The number of hydrogen-bond acceptors (Lipinski definition) is 4. The molecular formula is C15H24N4O3S. The molecule has 7 nitrogen and oxygen atoms in total. The molecule has 8 heteroatoms. The van der Waals surface area contributed by atoms with Gasteiger partial charge in [-0.25, -0.2) is 8.42 Å². The van der Waals surface area contributed by atoms with Gasteiger partial charge in [0.2, 0.25) is 15.9 Å². The summed E-state index contributed by atoms with van der Waals surface area (Å²) in [4.78, 5) is 14.8. The summed E-state index contributed by atoms with van der Waals surface area (Å²) >= 11 is 0. The van der Waals surface area contributed by atoms with Crippen LogP contribution in [-0.4, -0.2) is 65.7 Å². The van der Waals surface area contributed by atoms with Crippen LogP contribution in [0, 0.1) is 0 Å². The number of aromatic amines is 1. The molecule has 2 fully saturated rings. The largest absolute Gasteiger partial charge is 0.341 e. The van der Waals surface area contributed by atoms with Gasteiger partial charge < -0.3 is 4.90 Å². The molecule has 1 aromatic rings. The van der Waals surface area contributed by atoms with E-state index in [0.29, 0.717) is 26.1 Å². The van der Waals surface area contributed by atoms with Crippen LogP contribution >= 0.6 is 0 Å². The van der Waals surface area contributed by atoms with Crippen LogP contribution in [0.4, 0.5) is 0 Å². The predicted octanol–water partition coefficient (Wildman–Crippen LogP) is 0.930. The number of carbonyl (C=O) groups excluding carboxylic acids is 1.